The molecule has 0 aromatic heterocycles. The molecule has 0 unspecified atom stereocenters. The summed E-state index contributed by atoms with van der Waals surface area (Å²) in [6.45, 7) is 2.94. The van der Waals surface area contributed by atoms with E-state index in [9.17, 15) is 0 Å². The fraction of sp³-hybridized carbons (Fsp3) is 1.00. The lowest BCUT2D eigenvalue weighted by Crippen LogP contribution is -2.16. The standard InChI is InChI=1S/C5H13NO2/c1-5(7-2)8-4-3-6/h5H,3-4,6H2,1-2H3/t5-/m0/s1. The van der Waals surface area contributed by atoms with E-state index in [1.54, 1.807) is 7.11 Å². The van der Waals surface area contributed by atoms with Gasteiger partial charge in [-0.3, -0.25) is 0 Å². The molecule has 0 aliphatic carbocycles. The maximum atomic E-state index is 5.15. The molecule has 0 saturated heterocycles. The summed E-state index contributed by atoms with van der Waals surface area (Å²) in [5.41, 5.74) is 5.15. The van der Waals surface area contributed by atoms with Gasteiger partial charge in [-0.2, -0.15) is 0 Å². The zero-order chi connectivity index (χ0) is 6.41. The van der Waals surface area contributed by atoms with Crippen molar-refractivity contribution < 1.29 is 9.47 Å². The zero-order valence-electron chi connectivity index (χ0n) is 5.39. The van der Waals surface area contributed by atoms with Gasteiger partial charge >= 0.3 is 0 Å². The largest absolute Gasteiger partial charge is 0.356 e. The third-order valence-electron chi connectivity index (χ3n) is 0.802. The van der Waals surface area contributed by atoms with Gasteiger partial charge in [0.15, 0.2) is 6.29 Å². The molecule has 0 spiro atoms. The minimum atomic E-state index is -0.126. The van der Waals surface area contributed by atoms with Crippen LogP contribution in [-0.2, 0) is 9.47 Å². The zero-order valence-corrected chi connectivity index (χ0v) is 5.39. The van der Waals surface area contributed by atoms with Gasteiger partial charge < -0.3 is 15.2 Å². The van der Waals surface area contributed by atoms with Gasteiger partial charge in [0.25, 0.3) is 0 Å². The van der Waals surface area contributed by atoms with Gasteiger partial charge in [-0.1, -0.05) is 0 Å². The molecular formula is C5H13NO2. The minimum absolute atomic E-state index is 0.126. The maximum absolute atomic E-state index is 5.15. The molecule has 0 rings (SSSR count). The molecule has 1 atom stereocenters. The average molecular weight is 119 g/mol. The van der Waals surface area contributed by atoms with Gasteiger partial charge in [0.2, 0.25) is 0 Å². The van der Waals surface area contributed by atoms with Crippen LogP contribution in [0.1, 0.15) is 6.92 Å². The molecule has 0 aliphatic rings. The molecule has 3 nitrogen and oxygen atoms in total. The maximum Gasteiger partial charge on any atom is 0.154 e. The Kier molecular flexibility index (Phi) is 4.95. The van der Waals surface area contributed by atoms with Gasteiger partial charge in [0, 0.05) is 13.7 Å². The van der Waals surface area contributed by atoms with Crippen LogP contribution in [0, 0.1) is 0 Å². The first-order chi connectivity index (χ1) is 3.81. The lowest BCUT2D eigenvalue weighted by atomic mass is 10.7. The first-order valence-electron chi connectivity index (χ1n) is 2.65. The van der Waals surface area contributed by atoms with Gasteiger partial charge in [0.05, 0.1) is 6.61 Å². The van der Waals surface area contributed by atoms with Crippen LogP contribution < -0.4 is 5.73 Å². The topological polar surface area (TPSA) is 44.5 Å². The molecular weight excluding hydrogens is 106 g/mol. The molecule has 0 radical (unpaired) electrons. The molecule has 50 valence electrons. The van der Waals surface area contributed by atoms with Gasteiger partial charge in [-0.15, -0.1) is 0 Å². The SMILES string of the molecule is CO[C@H](C)OCCN. The van der Waals surface area contributed by atoms with Crippen LogP contribution >= 0.6 is 0 Å². The first-order valence-corrected chi connectivity index (χ1v) is 2.65. The highest BCUT2D eigenvalue weighted by atomic mass is 16.7. The first kappa shape index (κ1) is 7.88. The lowest BCUT2D eigenvalue weighted by molar-refractivity contribution is -0.108. The highest BCUT2D eigenvalue weighted by Gasteiger charge is 1.93. The van der Waals surface area contributed by atoms with Crippen molar-refractivity contribution in [2.24, 2.45) is 5.73 Å². The van der Waals surface area contributed by atoms with Crippen molar-refractivity contribution in [1.29, 1.82) is 0 Å². The molecule has 0 amide bonds. The number of hydrogen-bond donors (Lipinski definition) is 1. The predicted octanol–water partition coefficient (Wildman–Crippen LogP) is -0.0459. The summed E-state index contributed by atoms with van der Waals surface area (Å²) in [6.07, 6.45) is -0.126. The summed E-state index contributed by atoms with van der Waals surface area (Å²) in [4.78, 5) is 0. The van der Waals surface area contributed by atoms with Crippen LogP contribution in [0.2, 0.25) is 0 Å². The highest BCUT2D eigenvalue weighted by molar-refractivity contribution is 4.31. The fourth-order valence-corrected chi connectivity index (χ4v) is 0.302. The second kappa shape index (κ2) is 5.03. The average Bonchev–Trinajstić information content (AvgIpc) is 1.83. The van der Waals surface area contributed by atoms with E-state index in [0.717, 1.165) is 0 Å². The molecule has 3 heteroatoms. The van der Waals surface area contributed by atoms with E-state index in [1.165, 1.54) is 0 Å². The van der Waals surface area contributed by atoms with Crippen molar-refractivity contribution in [2.75, 3.05) is 20.3 Å². The van der Waals surface area contributed by atoms with Gasteiger partial charge in [0.1, 0.15) is 0 Å². The molecule has 0 aromatic carbocycles. The minimum Gasteiger partial charge on any atom is -0.356 e. The van der Waals surface area contributed by atoms with Crippen molar-refractivity contribution in [2.45, 2.75) is 13.2 Å². The Morgan fingerprint density at radius 3 is 2.62 bits per heavy atom. The van der Waals surface area contributed by atoms with E-state index < -0.39 is 0 Å². The molecule has 0 aromatic rings. The molecule has 0 aliphatic heterocycles. The van der Waals surface area contributed by atoms with Crippen LogP contribution in [0.3, 0.4) is 0 Å². The van der Waals surface area contributed by atoms with Gasteiger partial charge in [-0.25, -0.2) is 0 Å². The summed E-state index contributed by atoms with van der Waals surface area (Å²) in [7, 11) is 1.60. The number of rotatable bonds is 4. The van der Waals surface area contributed by atoms with Crippen LogP contribution in [-0.4, -0.2) is 26.6 Å². The monoisotopic (exact) mass is 119 g/mol. The molecule has 0 saturated carbocycles. The van der Waals surface area contributed by atoms with E-state index >= 15 is 0 Å². The Morgan fingerprint density at radius 2 is 2.25 bits per heavy atom. The quantitative estimate of drug-likeness (QED) is 0.528. The molecule has 2 N–H and O–H groups in total. The van der Waals surface area contributed by atoms with E-state index in [1.807, 2.05) is 6.92 Å². The van der Waals surface area contributed by atoms with Crippen molar-refractivity contribution >= 4 is 0 Å². The van der Waals surface area contributed by atoms with Gasteiger partial charge in [-0.05, 0) is 6.92 Å². The Morgan fingerprint density at radius 1 is 1.62 bits per heavy atom. The summed E-state index contributed by atoms with van der Waals surface area (Å²) in [6, 6.07) is 0. The van der Waals surface area contributed by atoms with Crippen molar-refractivity contribution in [3.05, 3.63) is 0 Å². The van der Waals surface area contributed by atoms with E-state index in [-0.39, 0.29) is 6.29 Å². The van der Waals surface area contributed by atoms with E-state index in [0.29, 0.717) is 13.2 Å². The second-order valence-electron chi connectivity index (χ2n) is 1.46. The highest BCUT2D eigenvalue weighted by Crippen LogP contribution is 1.87. The third-order valence-corrected chi connectivity index (χ3v) is 0.802. The van der Waals surface area contributed by atoms with Crippen LogP contribution in [0.15, 0.2) is 0 Å². The second-order valence-corrected chi connectivity index (χ2v) is 1.46. The summed E-state index contributed by atoms with van der Waals surface area (Å²) in [5.74, 6) is 0. The summed E-state index contributed by atoms with van der Waals surface area (Å²) in [5, 5.41) is 0. The Bertz CT molecular complexity index is 49.7. The number of ether oxygens (including phenoxy) is 2. The fourth-order valence-electron chi connectivity index (χ4n) is 0.302. The van der Waals surface area contributed by atoms with Crippen molar-refractivity contribution in [3.63, 3.8) is 0 Å². The predicted molar refractivity (Wildman–Crippen MR) is 31.5 cm³/mol. The smallest absolute Gasteiger partial charge is 0.154 e. The number of nitrogens with two attached hydrogens (primary N) is 1. The molecule has 0 bridgehead atoms. The molecule has 0 fully saturated rings. The lowest BCUT2D eigenvalue weighted by Gasteiger charge is -2.08. The molecule has 0 heterocycles. The Hall–Kier alpha value is -0.120. The van der Waals surface area contributed by atoms with Crippen LogP contribution in [0.5, 0.6) is 0 Å². The van der Waals surface area contributed by atoms with E-state index in [2.05, 4.69) is 0 Å². The summed E-state index contributed by atoms with van der Waals surface area (Å²) < 4.78 is 9.77. The Labute approximate surface area is 49.8 Å². The van der Waals surface area contributed by atoms with Crippen LogP contribution in [0.4, 0.5) is 0 Å². The molecule has 8 heavy (non-hydrogen) atoms. The Balaban J connectivity index is 2.86. The van der Waals surface area contributed by atoms with Crippen molar-refractivity contribution in [3.8, 4) is 0 Å². The number of methoxy groups -OCH3 is 1. The third kappa shape index (κ3) is 4.05. The van der Waals surface area contributed by atoms with E-state index in [4.69, 9.17) is 15.2 Å². The number of hydrogen-bond acceptors (Lipinski definition) is 3. The van der Waals surface area contributed by atoms with Crippen molar-refractivity contribution in [1.82, 2.24) is 0 Å². The normalized spacial score (nSPS) is 13.9. The summed E-state index contributed by atoms with van der Waals surface area (Å²) >= 11 is 0. The van der Waals surface area contributed by atoms with Crippen LogP contribution in [0.25, 0.3) is 0 Å².